The molecule has 0 spiro atoms. The molecule has 0 aliphatic carbocycles. The Labute approximate surface area is 99.9 Å². The largest absolute Gasteiger partial charge is 0.478 e. The molecule has 0 saturated heterocycles. The smallest absolute Gasteiger partial charge is 0.213 e. The van der Waals surface area contributed by atoms with Crippen molar-refractivity contribution >= 4 is 5.69 Å². The number of anilines is 1. The monoisotopic (exact) mass is 230 g/mol. The van der Waals surface area contributed by atoms with Crippen molar-refractivity contribution in [1.82, 2.24) is 15.0 Å². The first-order chi connectivity index (χ1) is 8.38. The first-order valence-corrected chi connectivity index (χ1v) is 5.46. The van der Waals surface area contributed by atoms with Crippen LogP contribution in [-0.4, -0.2) is 21.6 Å². The maximum absolute atomic E-state index is 5.26. The topological polar surface area (TPSA) is 59.9 Å². The highest BCUT2D eigenvalue weighted by Crippen LogP contribution is 2.11. The minimum Gasteiger partial charge on any atom is -0.478 e. The van der Waals surface area contributed by atoms with Crippen LogP contribution in [-0.2, 0) is 6.54 Å². The Bertz CT molecular complexity index is 444. The molecule has 0 radical (unpaired) electrons. The lowest BCUT2D eigenvalue weighted by atomic mass is 10.4. The minimum absolute atomic E-state index is 0.624. The van der Waals surface area contributed by atoms with Gasteiger partial charge in [0.05, 0.1) is 36.9 Å². The average Bonchev–Trinajstić information content (AvgIpc) is 2.40. The van der Waals surface area contributed by atoms with Crippen molar-refractivity contribution in [1.29, 1.82) is 0 Å². The Morgan fingerprint density at radius 2 is 2.12 bits per heavy atom. The van der Waals surface area contributed by atoms with Gasteiger partial charge in [0.2, 0.25) is 5.88 Å². The molecule has 2 rings (SSSR count). The van der Waals surface area contributed by atoms with E-state index in [0.717, 1.165) is 11.4 Å². The molecule has 0 fully saturated rings. The van der Waals surface area contributed by atoms with Gasteiger partial charge in [0.1, 0.15) is 0 Å². The van der Waals surface area contributed by atoms with Gasteiger partial charge < -0.3 is 10.1 Å². The predicted octanol–water partition coefficient (Wildman–Crippen LogP) is 1.88. The Kier molecular flexibility index (Phi) is 3.85. The number of aromatic nitrogens is 3. The zero-order valence-electron chi connectivity index (χ0n) is 9.63. The van der Waals surface area contributed by atoms with E-state index in [0.29, 0.717) is 19.0 Å². The summed E-state index contributed by atoms with van der Waals surface area (Å²) in [6.07, 6.45) is 6.80. The second kappa shape index (κ2) is 5.79. The molecule has 0 aliphatic rings. The van der Waals surface area contributed by atoms with Crippen LogP contribution in [0.25, 0.3) is 0 Å². The van der Waals surface area contributed by atoms with Gasteiger partial charge in [-0.3, -0.25) is 9.97 Å². The van der Waals surface area contributed by atoms with E-state index in [1.807, 2.05) is 19.1 Å². The zero-order valence-corrected chi connectivity index (χ0v) is 9.63. The molecule has 5 heteroatoms. The van der Waals surface area contributed by atoms with Gasteiger partial charge in [-0.1, -0.05) is 0 Å². The van der Waals surface area contributed by atoms with E-state index in [1.54, 1.807) is 24.8 Å². The maximum atomic E-state index is 5.26. The van der Waals surface area contributed by atoms with Crippen LogP contribution in [0.5, 0.6) is 5.88 Å². The molecule has 2 aromatic heterocycles. The van der Waals surface area contributed by atoms with Crippen molar-refractivity contribution in [2.24, 2.45) is 0 Å². The fourth-order valence-corrected chi connectivity index (χ4v) is 1.33. The van der Waals surface area contributed by atoms with E-state index in [-0.39, 0.29) is 0 Å². The van der Waals surface area contributed by atoms with Crippen LogP contribution in [0.1, 0.15) is 12.6 Å². The van der Waals surface area contributed by atoms with Gasteiger partial charge in [-0.05, 0) is 13.0 Å². The molecular formula is C12H14N4O. The van der Waals surface area contributed by atoms with Crippen molar-refractivity contribution in [3.05, 3.63) is 42.6 Å². The van der Waals surface area contributed by atoms with Gasteiger partial charge in [0.25, 0.3) is 0 Å². The molecule has 5 nitrogen and oxygen atoms in total. The Hall–Kier alpha value is -2.17. The number of nitrogens with one attached hydrogen (secondary N) is 1. The summed E-state index contributed by atoms with van der Waals surface area (Å²) >= 11 is 0. The lowest BCUT2D eigenvalue weighted by molar-refractivity contribution is 0.327. The van der Waals surface area contributed by atoms with E-state index < -0.39 is 0 Å². The lowest BCUT2D eigenvalue weighted by Crippen LogP contribution is -2.02. The van der Waals surface area contributed by atoms with E-state index in [4.69, 9.17) is 4.74 Å². The van der Waals surface area contributed by atoms with Crippen LogP contribution in [0, 0.1) is 0 Å². The molecule has 2 aromatic rings. The summed E-state index contributed by atoms with van der Waals surface area (Å²) in [5, 5.41) is 3.21. The summed E-state index contributed by atoms with van der Waals surface area (Å²) in [5.74, 6) is 0.637. The van der Waals surface area contributed by atoms with E-state index in [9.17, 15) is 0 Å². The van der Waals surface area contributed by atoms with Crippen LogP contribution < -0.4 is 10.1 Å². The Morgan fingerprint density at radius 3 is 2.76 bits per heavy atom. The second-order valence-corrected chi connectivity index (χ2v) is 3.37. The quantitative estimate of drug-likeness (QED) is 0.849. The number of hydrogen-bond donors (Lipinski definition) is 1. The third-order valence-corrected chi connectivity index (χ3v) is 2.12. The fourth-order valence-electron chi connectivity index (χ4n) is 1.33. The fraction of sp³-hybridized carbons (Fsp3) is 0.250. The SMILES string of the molecule is CCOc1ccc(NCc2cnccn2)cn1. The molecule has 2 heterocycles. The predicted molar refractivity (Wildman–Crippen MR) is 64.8 cm³/mol. The molecule has 0 aliphatic heterocycles. The number of hydrogen-bond acceptors (Lipinski definition) is 5. The van der Waals surface area contributed by atoms with Crippen molar-refractivity contribution in [3.63, 3.8) is 0 Å². The van der Waals surface area contributed by atoms with Crippen LogP contribution in [0.4, 0.5) is 5.69 Å². The summed E-state index contributed by atoms with van der Waals surface area (Å²) in [6, 6.07) is 3.76. The highest BCUT2D eigenvalue weighted by molar-refractivity contribution is 5.42. The van der Waals surface area contributed by atoms with E-state index in [1.165, 1.54) is 0 Å². The third-order valence-electron chi connectivity index (χ3n) is 2.12. The van der Waals surface area contributed by atoms with E-state index >= 15 is 0 Å². The zero-order chi connectivity index (χ0) is 11.9. The number of ether oxygens (including phenoxy) is 1. The number of nitrogens with zero attached hydrogens (tertiary/aromatic N) is 3. The highest BCUT2D eigenvalue weighted by atomic mass is 16.5. The Balaban J connectivity index is 1.91. The molecule has 0 amide bonds. The van der Waals surface area contributed by atoms with Crippen LogP contribution in [0.2, 0.25) is 0 Å². The van der Waals surface area contributed by atoms with E-state index in [2.05, 4.69) is 20.3 Å². The van der Waals surface area contributed by atoms with Gasteiger partial charge >= 0.3 is 0 Å². The normalized spacial score (nSPS) is 9.94. The summed E-state index contributed by atoms with van der Waals surface area (Å²) in [7, 11) is 0. The molecule has 0 aromatic carbocycles. The molecule has 0 atom stereocenters. The molecule has 1 N–H and O–H groups in total. The van der Waals surface area contributed by atoms with Crippen LogP contribution >= 0.6 is 0 Å². The van der Waals surface area contributed by atoms with Gasteiger partial charge in [-0.25, -0.2) is 4.98 Å². The van der Waals surface area contributed by atoms with Crippen LogP contribution in [0.15, 0.2) is 36.9 Å². The lowest BCUT2D eigenvalue weighted by Gasteiger charge is -2.06. The molecule has 0 unspecified atom stereocenters. The third kappa shape index (κ3) is 3.41. The van der Waals surface area contributed by atoms with Crippen molar-refractivity contribution < 1.29 is 4.74 Å². The Morgan fingerprint density at radius 1 is 1.18 bits per heavy atom. The summed E-state index contributed by atoms with van der Waals surface area (Å²) in [6.45, 7) is 3.19. The number of rotatable bonds is 5. The highest BCUT2D eigenvalue weighted by Gasteiger charge is 1.97. The van der Waals surface area contributed by atoms with Gasteiger partial charge in [0, 0.05) is 18.5 Å². The first-order valence-electron chi connectivity index (χ1n) is 5.46. The van der Waals surface area contributed by atoms with Gasteiger partial charge in [0.15, 0.2) is 0 Å². The van der Waals surface area contributed by atoms with Gasteiger partial charge in [-0.15, -0.1) is 0 Å². The van der Waals surface area contributed by atoms with Crippen LogP contribution in [0.3, 0.4) is 0 Å². The molecule has 0 bridgehead atoms. The first kappa shape index (κ1) is 11.3. The van der Waals surface area contributed by atoms with Crippen molar-refractivity contribution in [2.45, 2.75) is 13.5 Å². The van der Waals surface area contributed by atoms with Crippen molar-refractivity contribution in [2.75, 3.05) is 11.9 Å². The maximum Gasteiger partial charge on any atom is 0.213 e. The molecule has 88 valence electrons. The summed E-state index contributed by atoms with van der Waals surface area (Å²) < 4.78 is 5.26. The summed E-state index contributed by atoms with van der Waals surface area (Å²) in [4.78, 5) is 12.3. The summed E-state index contributed by atoms with van der Waals surface area (Å²) in [5.41, 5.74) is 1.82. The van der Waals surface area contributed by atoms with Gasteiger partial charge in [-0.2, -0.15) is 0 Å². The van der Waals surface area contributed by atoms with Crippen molar-refractivity contribution in [3.8, 4) is 5.88 Å². The molecular weight excluding hydrogens is 216 g/mol. The average molecular weight is 230 g/mol. The molecule has 17 heavy (non-hydrogen) atoms. The number of pyridine rings is 1. The standard InChI is InChI=1S/C12H14N4O/c1-2-17-12-4-3-10(8-16-12)15-9-11-7-13-5-6-14-11/h3-8,15H,2,9H2,1H3. The molecule has 0 saturated carbocycles. The minimum atomic E-state index is 0.624. The second-order valence-electron chi connectivity index (χ2n) is 3.37.